The Morgan fingerprint density at radius 2 is 1.90 bits per heavy atom. The van der Waals surface area contributed by atoms with Crippen LogP contribution in [-0.4, -0.2) is 11.4 Å². The van der Waals surface area contributed by atoms with Crippen LogP contribution in [0, 0.1) is 5.21 Å². The largest absolute Gasteiger partial charge is 0.733 e. The van der Waals surface area contributed by atoms with Crippen molar-refractivity contribution in [3.8, 4) is 0 Å². The van der Waals surface area contributed by atoms with E-state index < -0.39 is 0 Å². The van der Waals surface area contributed by atoms with Crippen LogP contribution in [0.5, 0.6) is 0 Å². The molecule has 0 atom stereocenters. The van der Waals surface area contributed by atoms with E-state index >= 15 is 0 Å². The molecule has 5 nitrogen and oxygen atoms in total. The van der Waals surface area contributed by atoms with E-state index in [0.29, 0.717) is 11.4 Å². The van der Waals surface area contributed by atoms with Gasteiger partial charge in [0, 0.05) is 6.21 Å². The van der Waals surface area contributed by atoms with Crippen molar-refractivity contribution in [2.75, 3.05) is 11.0 Å². The third kappa shape index (κ3) is 3.68. The summed E-state index contributed by atoms with van der Waals surface area (Å²) in [6.07, 6.45) is 5.25. The Balaban J connectivity index is 2.11. The van der Waals surface area contributed by atoms with Gasteiger partial charge >= 0.3 is 0 Å². The number of rotatable bonds is 4. The third-order valence-electron chi connectivity index (χ3n) is 2.62. The van der Waals surface area contributed by atoms with Gasteiger partial charge in [-0.05, 0) is 29.8 Å². The van der Waals surface area contributed by atoms with E-state index in [0.717, 1.165) is 5.56 Å². The summed E-state index contributed by atoms with van der Waals surface area (Å²) in [5.74, 6) is 0. The molecule has 5 heteroatoms. The van der Waals surface area contributed by atoms with Gasteiger partial charge in [0.25, 0.3) is 0 Å². The number of hydrogen-bond acceptors (Lipinski definition) is 5. The number of aliphatic imine (C=N–C) groups is 1. The van der Waals surface area contributed by atoms with Crippen molar-refractivity contribution in [2.45, 2.75) is 0 Å². The molecule has 0 aliphatic carbocycles. The molecule has 2 aromatic rings. The smallest absolute Gasteiger partial charge is 0.0879 e. The second-order valence-electron chi connectivity index (χ2n) is 4.06. The van der Waals surface area contributed by atoms with Gasteiger partial charge in [0.15, 0.2) is 0 Å². The molecule has 0 aliphatic rings. The molecule has 0 heterocycles. The predicted molar refractivity (Wildman–Crippen MR) is 82.1 cm³/mol. The fourth-order valence-corrected chi connectivity index (χ4v) is 1.60. The highest BCUT2D eigenvalue weighted by molar-refractivity contribution is 5.83. The summed E-state index contributed by atoms with van der Waals surface area (Å²) in [5, 5.41) is 19.4. The van der Waals surface area contributed by atoms with Crippen molar-refractivity contribution in [2.24, 2.45) is 4.99 Å². The minimum absolute atomic E-state index is 0.0818. The van der Waals surface area contributed by atoms with E-state index in [9.17, 15) is 5.21 Å². The van der Waals surface area contributed by atoms with Crippen molar-refractivity contribution in [3.63, 3.8) is 0 Å². The monoisotopic (exact) mass is 268 g/mol. The highest BCUT2D eigenvalue weighted by atomic mass is 16.8. The summed E-state index contributed by atoms with van der Waals surface area (Å²) in [6.45, 7) is 0. The van der Waals surface area contributed by atoms with Crippen LogP contribution in [0.25, 0.3) is 6.08 Å². The quantitative estimate of drug-likeness (QED) is 0.505. The molecule has 0 amide bonds. The van der Waals surface area contributed by atoms with Gasteiger partial charge in [-0.3, -0.25) is 10.2 Å². The number of benzene rings is 2. The molecule has 0 spiro atoms. The molecule has 0 radical (unpaired) electrons. The first-order chi connectivity index (χ1) is 9.66. The summed E-state index contributed by atoms with van der Waals surface area (Å²) in [5.41, 5.74) is 7.74. The van der Waals surface area contributed by atoms with Crippen LogP contribution in [0.1, 0.15) is 5.56 Å². The lowest BCUT2D eigenvalue weighted by atomic mass is 10.2. The van der Waals surface area contributed by atoms with Crippen LogP contribution in [0.3, 0.4) is 0 Å². The lowest BCUT2D eigenvalue weighted by molar-refractivity contribution is 0.296. The van der Waals surface area contributed by atoms with Crippen LogP contribution in [0.4, 0.5) is 17.1 Å². The second kappa shape index (κ2) is 6.51. The second-order valence-corrected chi connectivity index (χ2v) is 4.06. The van der Waals surface area contributed by atoms with Crippen LogP contribution in [-0.2, 0) is 0 Å². The first-order valence-electron chi connectivity index (χ1n) is 5.98. The number of nitrogens with zero attached hydrogens (tertiary/aromatic N) is 2. The van der Waals surface area contributed by atoms with Gasteiger partial charge in [0.05, 0.1) is 17.1 Å². The van der Waals surface area contributed by atoms with Gasteiger partial charge in [-0.1, -0.05) is 36.4 Å². The Labute approximate surface area is 116 Å². The molecule has 3 N–H and O–H groups in total. The van der Waals surface area contributed by atoms with Gasteiger partial charge in [0.1, 0.15) is 0 Å². The average molecular weight is 268 g/mol. The number of anilines is 2. The topological polar surface area (TPSA) is 84.9 Å². The normalized spacial score (nSPS) is 11.3. The minimum Gasteiger partial charge on any atom is -0.733 e. The van der Waals surface area contributed by atoms with Gasteiger partial charge in [-0.15, -0.1) is 0 Å². The van der Waals surface area contributed by atoms with E-state index in [1.54, 1.807) is 12.3 Å². The molecule has 0 unspecified atom stereocenters. The molecule has 2 rings (SSSR count). The minimum atomic E-state index is -0.224. The fraction of sp³-hybridized carbons (Fsp3) is 0. The predicted octanol–water partition coefficient (Wildman–Crippen LogP) is 3.38. The zero-order valence-electron chi connectivity index (χ0n) is 10.7. The zero-order valence-corrected chi connectivity index (χ0v) is 10.7. The Bertz CT molecular complexity index is 622. The summed E-state index contributed by atoms with van der Waals surface area (Å²) in [7, 11) is 0. The molecule has 0 saturated carbocycles. The maximum atomic E-state index is 10.8. The van der Waals surface area contributed by atoms with Crippen LogP contribution >= 0.6 is 0 Å². The van der Waals surface area contributed by atoms with Crippen LogP contribution < -0.4 is 11.0 Å². The zero-order chi connectivity index (χ0) is 14.4. The summed E-state index contributed by atoms with van der Waals surface area (Å²) in [6, 6.07) is 14.1. The Hall–Kier alpha value is -2.63. The van der Waals surface area contributed by atoms with Crippen molar-refractivity contribution in [1.29, 1.82) is 0 Å². The standard InChI is InChI=1S/C15H14N3O2/c16-14-9-8-13(18(19)20)11-15(14)17-10-4-7-12-5-2-1-3-6-12/h1-11,19H,16H2/q-1/b7-4+,17-10?. The van der Waals surface area contributed by atoms with E-state index in [1.807, 2.05) is 36.4 Å². The lowest BCUT2D eigenvalue weighted by Gasteiger charge is -2.21. The van der Waals surface area contributed by atoms with Crippen molar-refractivity contribution < 1.29 is 5.21 Å². The Morgan fingerprint density at radius 3 is 2.60 bits per heavy atom. The third-order valence-corrected chi connectivity index (χ3v) is 2.62. The van der Waals surface area contributed by atoms with Crippen molar-refractivity contribution in [3.05, 3.63) is 65.4 Å². The molecule has 2 aromatic carbocycles. The number of nitrogen functional groups attached to an aromatic ring is 1. The number of hydrogen-bond donors (Lipinski definition) is 2. The molecular formula is C15H14N3O2-. The van der Waals surface area contributed by atoms with Gasteiger partial charge in [0.2, 0.25) is 0 Å². The summed E-state index contributed by atoms with van der Waals surface area (Å²) in [4.78, 5) is 4.15. The average Bonchev–Trinajstić information content (AvgIpc) is 2.46. The highest BCUT2D eigenvalue weighted by Crippen LogP contribution is 2.26. The maximum absolute atomic E-state index is 10.8. The van der Waals surface area contributed by atoms with E-state index in [1.165, 1.54) is 18.2 Å². The summed E-state index contributed by atoms with van der Waals surface area (Å²) < 4.78 is 0. The molecule has 102 valence electrons. The van der Waals surface area contributed by atoms with Crippen LogP contribution in [0.2, 0.25) is 0 Å². The van der Waals surface area contributed by atoms with Crippen molar-refractivity contribution in [1.82, 2.24) is 0 Å². The number of nitrogens with two attached hydrogens (primary N) is 1. The Morgan fingerprint density at radius 1 is 1.15 bits per heavy atom. The molecule has 0 fully saturated rings. The Kier molecular flexibility index (Phi) is 4.49. The summed E-state index contributed by atoms with van der Waals surface area (Å²) >= 11 is 0. The fourth-order valence-electron chi connectivity index (χ4n) is 1.60. The van der Waals surface area contributed by atoms with Crippen molar-refractivity contribution >= 4 is 29.4 Å². The van der Waals surface area contributed by atoms with Crippen LogP contribution in [0.15, 0.2) is 59.6 Å². The highest BCUT2D eigenvalue weighted by Gasteiger charge is 1.99. The van der Waals surface area contributed by atoms with Gasteiger partial charge in [-0.2, -0.15) is 0 Å². The molecule has 0 saturated heterocycles. The molecule has 20 heavy (non-hydrogen) atoms. The maximum Gasteiger partial charge on any atom is 0.0879 e. The molecule has 0 bridgehead atoms. The molecular weight excluding hydrogens is 254 g/mol. The van der Waals surface area contributed by atoms with E-state index in [2.05, 4.69) is 4.99 Å². The molecule has 0 aromatic heterocycles. The lowest BCUT2D eigenvalue weighted by Crippen LogP contribution is -2.06. The first-order valence-corrected chi connectivity index (χ1v) is 5.98. The molecule has 0 aliphatic heterocycles. The van der Waals surface area contributed by atoms with E-state index in [4.69, 9.17) is 10.9 Å². The van der Waals surface area contributed by atoms with Gasteiger partial charge < -0.3 is 16.2 Å². The van der Waals surface area contributed by atoms with E-state index in [-0.39, 0.29) is 10.9 Å². The number of allylic oxidation sites excluding steroid dienone is 1. The first kappa shape index (κ1) is 13.8. The van der Waals surface area contributed by atoms with Gasteiger partial charge in [-0.25, -0.2) is 0 Å². The SMILES string of the molecule is Nc1ccc(N([O-])O)cc1N=C/C=C/c1ccccc1.